The second-order valence-electron chi connectivity index (χ2n) is 7.41. The lowest BCUT2D eigenvalue weighted by Gasteiger charge is -2.22. The highest BCUT2D eigenvalue weighted by atomic mass is 16.1. The van der Waals surface area contributed by atoms with E-state index in [1.165, 1.54) is 18.5 Å². The first-order chi connectivity index (χ1) is 12.7. The molecule has 1 saturated heterocycles. The van der Waals surface area contributed by atoms with Crippen molar-refractivity contribution >= 4 is 0 Å². The first-order valence-electron chi connectivity index (χ1n) is 9.89. The van der Waals surface area contributed by atoms with E-state index >= 15 is 0 Å². The van der Waals surface area contributed by atoms with Crippen LogP contribution in [0.4, 0.5) is 0 Å². The van der Waals surface area contributed by atoms with E-state index in [1.54, 1.807) is 0 Å². The fourth-order valence-corrected chi connectivity index (χ4v) is 4.20. The number of likely N-dealkylation sites (N-methyl/N-ethyl adjacent to an activating group) is 1. The van der Waals surface area contributed by atoms with E-state index in [0.717, 1.165) is 74.6 Å². The van der Waals surface area contributed by atoms with E-state index in [2.05, 4.69) is 39.9 Å². The van der Waals surface area contributed by atoms with Crippen LogP contribution in [0.1, 0.15) is 36.6 Å². The van der Waals surface area contributed by atoms with Crippen LogP contribution < -0.4 is 5.56 Å². The molecular weight excluding hydrogens is 324 g/mol. The second kappa shape index (κ2) is 7.72. The molecule has 2 aliphatic rings. The van der Waals surface area contributed by atoms with Gasteiger partial charge in [-0.2, -0.15) is 0 Å². The van der Waals surface area contributed by atoms with Gasteiger partial charge in [0.05, 0.1) is 5.69 Å². The smallest absolute Gasteiger partial charge is 0.254 e. The van der Waals surface area contributed by atoms with Gasteiger partial charge in [-0.3, -0.25) is 9.69 Å². The number of benzene rings is 1. The molecule has 1 fully saturated rings. The molecule has 0 unspecified atom stereocenters. The average Bonchev–Trinajstić information content (AvgIpc) is 3.02. The molecule has 1 aromatic heterocycles. The van der Waals surface area contributed by atoms with E-state index < -0.39 is 0 Å². The van der Waals surface area contributed by atoms with Gasteiger partial charge in [-0.1, -0.05) is 31.2 Å². The zero-order valence-corrected chi connectivity index (χ0v) is 15.6. The Bertz CT molecular complexity index is 829. The third kappa shape index (κ3) is 3.60. The molecule has 1 aromatic carbocycles. The summed E-state index contributed by atoms with van der Waals surface area (Å²) >= 11 is 0. The molecule has 5 heteroatoms. The highest BCUT2D eigenvalue weighted by molar-refractivity contribution is 5.60. The summed E-state index contributed by atoms with van der Waals surface area (Å²) in [5.74, 6) is 0.733. The quantitative estimate of drug-likeness (QED) is 0.918. The highest BCUT2D eigenvalue weighted by Gasteiger charge is 2.20. The van der Waals surface area contributed by atoms with Gasteiger partial charge in [0.25, 0.3) is 5.56 Å². The number of aromatic nitrogens is 2. The normalized spacial score (nSPS) is 18.7. The first kappa shape index (κ1) is 17.4. The molecule has 0 bridgehead atoms. The Morgan fingerprint density at radius 3 is 2.73 bits per heavy atom. The van der Waals surface area contributed by atoms with Crippen LogP contribution in [0.25, 0.3) is 11.4 Å². The molecule has 1 N–H and O–H groups in total. The van der Waals surface area contributed by atoms with Gasteiger partial charge in [-0.05, 0) is 50.9 Å². The lowest BCUT2D eigenvalue weighted by Crippen LogP contribution is -2.30. The molecular formula is C21H28N4O. The standard InChI is InChI=1S/C21H28N4O/c1-2-24-11-6-12-25(14-13-24)15-16-7-3-4-8-17(16)20-22-19-10-5-9-18(19)21(26)23-20/h3-4,7-8H,2,5-6,9-15H2,1H3,(H,22,23,26). The molecule has 1 aliphatic heterocycles. The molecule has 0 atom stereocenters. The van der Waals surface area contributed by atoms with Crippen LogP contribution in [-0.2, 0) is 19.4 Å². The van der Waals surface area contributed by atoms with Crippen LogP contribution in [0.2, 0.25) is 0 Å². The summed E-state index contributed by atoms with van der Waals surface area (Å²) in [6.45, 7) is 8.82. The van der Waals surface area contributed by atoms with Crippen LogP contribution >= 0.6 is 0 Å². The summed E-state index contributed by atoms with van der Waals surface area (Å²) < 4.78 is 0. The molecule has 0 saturated carbocycles. The Labute approximate surface area is 155 Å². The number of H-pyrrole nitrogens is 1. The molecule has 4 rings (SSSR count). The Morgan fingerprint density at radius 2 is 1.85 bits per heavy atom. The van der Waals surface area contributed by atoms with Crippen molar-refractivity contribution < 1.29 is 0 Å². The number of nitrogens with zero attached hydrogens (tertiary/aromatic N) is 3. The Balaban J connectivity index is 1.60. The number of rotatable bonds is 4. The van der Waals surface area contributed by atoms with Crippen molar-refractivity contribution in [1.29, 1.82) is 0 Å². The van der Waals surface area contributed by atoms with Gasteiger partial charge in [-0.15, -0.1) is 0 Å². The van der Waals surface area contributed by atoms with Crippen LogP contribution in [0.5, 0.6) is 0 Å². The van der Waals surface area contributed by atoms with Crippen LogP contribution in [0.3, 0.4) is 0 Å². The minimum atomic E-state index is 0.0469. The zero-order valence-electron chi connectivity index (χ0n) is 15.6. The minimum absolute atomic E-state index is 0.0469. The fourth-order valence-electron chi connectivity index (χ4n) is 4.20. The van der Waals surface area contributed by atoms with E-state index in [0.29, 0.717) is 0 Å². The van der Waals surface area contributed by atoms with E-state index in [4.69, 9.17) is 4.98 Å². The average molecular weight is 352 g/mol. The topological polar surface area (TPSA) is 52.2 Å². The van der Waals surface area contributed by atoms with Gasteiger partial charge >= 0.3 is 0 Å². The lowest BCUT2D eigenvalue weighted by molar-refractivity contribution is 0.257. The molecule has 2 heterocycles. The zero-order chi connectivity index (χ0) is 17.9. The maximum Gasteiger partial charge on any atom is 0.254 e. The Hall–Kier alpha value is -1.98. The van der Waals surface area contributed by atoms with Crippen molar-refractivity contribution in [2.75, 3.05) is 32.7 Å². The Kier molecular flexibility index (Phi) is 5.18. The monoisotopic (exact) mass is 352 g/mol. The number of aromatic amines is 1. The van der Waals surface area contributed by atoms with E-state index in [9.17, 15) is 4.79 Å². The number of nitrogens with one attached hydrogen (secondary N) is 1. The molecule has 2 aromatic rings. The van der Waals surface area contributed by atoms with Crippen LogP contribution in [0.15, 0.2) is 29.1 Å². The molecule has 1 aliphatic carbocycles. The van der Waals surface area contributed by atoms with Gasteiger partial charge in [0.2, 0.25) is 0 Å². The number of hydrogen-bond acceptors (Lipinski definition) is 4. The summed E-state index contributed by atoms with van der Waals surface area (Å²) in [4.78, 5) is 25.3. The van der Waals surface area contributed by atoms with Crippen molar-refractivity contribution in [2.24, 2.45) is 0 Å². The predicted molar refractivity (Wildman–Crippen MR) is 104 cm³/mol. The summed E-state index contributed by atoms with van der Waals surface area (Å²) in [6.07, 6.45) is 4.04. The SMILES string of the molecule is CCN1CCCN(Cc2ccccc2-c2nc3c(c(=O)[nH]2)CCC3)CC1. The first-order valence-corrected chi connectivity index (χ1v) is 9.89. The molecule has 0 spiro atoms. The summed E-state index contributed by atoms with van der Waals surface area (Å²) in [5, 5.41) is 0. The maximum absolute atomic E-state index is 12.4. The van der Waals surface area contributed by atoms with Gasteiger partial charge in [-0.25, -0.2) is 4.98 Å². The van der Waals surface area contributed by atoms with Crippen LogP contribution in [0, 0.1) is 0 Å². The molecule has 0 radical (unpaired) electrons. The molecule has 5 nitrogen and oxygen atoms in total. The molecule has 26 heavy (non-hydrogen) atoms. The molecule has 0 amide bonds. The van der Waals surface area contributed by atoms with E-state index in [1.807, 2.05) is 6.07 Å². The number of hydrogen-bond donors (Lipinski definition) is 1. The minimum Gasteiger partial charge on any atom is -0.306 e. The third-order valence-electron chi connectivity index (χ3n) is 5.74. The van der Waals surface area contributed by atoms with Crippen molar-refractivity contribution in [2.45, 2.75) is 39.2 Å². The van der Waals surface area contributed by atoms with Gasteiger partial charge < -0.3 is 9.88 Å². The number of aryl methyl sites for hydroxylation is 1. The second-order valence-corrected chi connectivity index (χ2v) is 7.41. The van der Waals surface area contributed by atoms with Gasteiger partial charge in [0, 0.05) is 30.8 Å². The fraction of sp³-hybridized carbons (Fsp3) is 0.524. The largest absolute Gasteiger partial charge is 0.306 e. The third-order valence-corrected chi connectivity index (χ3v) is 5.74. The summed E-state index contributed by atoms with van der Waals surface area (Å²) in [7, 11) is 0. The number of fused-ring (bicyclic) bond motifs is 1. The van der Waals surface area contributed by atoms with Gasteiger partial charge in [0.15, 0.2) is 0 Å². The van der Waals surface area contributed by atoms with Crippen LogP contribution in [-0.4, -0.2) is 52.5 Å². The van der Waals surface area contributed by atoms with Crippen molar-refractivity contribution in [3.8, 4) is 11.4 Å². The Morgan fingerprint density at radius 1 is 1.04 bits per heavy atom. The molecule has 138 valence electrons. The lowest BCUT2D eigenvalue weighted by atomic mass is 10.1. The van der Waals surface area contributed by atoms with Crippen molar-refractivity contribution in [3.05, 3.63) is 51.4 Å². The summed E-state index contributed by atoms with van der Waals surface area (Å²) in [6, 6.07) is 8.38. The van der Waals surface area contributed by atoms with E-state index in [-0.39, 0.29) is 5.56 Å². The summed E-state index contributed by atoms with van der Waals surface area (Å²) in [5.41, 5.74) is 4.24. The van der Waals surface area contributed by atoms with Crippen molar-refractivity contribution in [3.63, 3.8) is 0 Å². The van der Waals surface area contributed by atoms with Crippen molar-refractivity contribution in [1.82, 2.24) is 19.8 Å². The highest BCUT2D eigenvalue weighted by Crippen LogP contribution is 2.24. The van der Waals surface area contributed by atoms with Gasteiger partial charge in [0.1, 0.15) is 5.82 Å². The maximum atomic E-state index is 12.4. The predicted octanol–water partition coefficient (Wildman–Crippen LogP) is 2.45.